The molecule has 0 atom stereocenters. The van der Waals surface area contributed by atoms with Crippen LogP contribution in [0.1, 0.15) is 42.3 Å². The molecule has 144 valence electrons. The molecule has 1 aromatic carbocycles. The molecular formula is C19H26Cl2O4Si. The molecule has 0 fully saturated rings. The average Bonchev–Trinajstić information content (AvgIpc) is 2.40. The second kappa shape index (κ2) is 8.59. The van der Waals surface area contributed by atoms with Crippen LogP contribution >= 0.6 is 23.2 Å². The highest BCUT2D eigenvalue weighted by atomic mass is 35.5. The maximum atomic E-state index is 11.9. The second-order valence-corrected chi connectivity index (χ2v) is 14.8. The van der Waals surface area contributed by atoms with Gasteiger partial charge in [-0.05, 0) is 50.5 Å². The smallest absolute Gasteiger partial charge is 0.338 e. The van der Waals surface area contributed by atoms with Crippen molar-refractivity contribution in [3.8, 4) is 0 Å². The monoisotopic (exact) mass is 416 g/mol. The molecule has 0 saturated heterocycles. The van der Waals surface area contributed by atoms with E-state index in [2.05, 4.69) is 19.6 Å². The van der Waals surface area contributed by atoms with Crippen molar-refractivity contribution in [1.29, 1.82) is 0 Å². The first-order valence-electron chi connectivity index (χ1n) is 8.36. The second-order valence-electron chi connectivity index (χ2n) is 8.35. The van der Waals surface area contributed by atoms with E-state index in [1.807, 2.05) is 0 Å². The lowest BCUT2D eigenvalue weighted by atomic mass is 10.0. The Bertz CT molecular complexity index is 729. The van der Waals surface area contributed by atoms with E-state index in [4.69, 9.17) is 27.9 Å². The van der Waals surface area contributed by atoms with Gasteiger partial charge in [0.25, 0.3) is 0 Å². The standard InChI is InChI=1S/C19H26Cl2O4Si/c1-19(2,3)25-15(22)8-7-12-11-14(20)16(18(23)24)17(21)13(12)9-10-26(4,5)6/h7-8,11H,9-10H2,1-6H3,(H,23,24)/b8-7+. The van der Waals surface area contributed by atoms with Gasteiger partial charge in [-0.15, -0.1) is 0 Å². The van der Waals surface area contributed by atoms with Crippen molar-refractivity contribution in [2.75, 3.05) is 0 Å². The molecular weight excluding hydrogens is 391 g/mol. The van der Waals surface area contributed by atoms with Gasteiger partial charge in [0.05, 0.1) is 15.6 Å². The molecule has 4 nitrogen and oxygen atoms in total. The maximum Gasteiger partial charge on any atom is 0.338 e. The summed E-state index contributed by atoms with van der Waals surface area (Å²) in [5.74, 6) is -1.65. The molecule has 1 aromatic rings. The van der Waals surface area contributed by atoms with Crippen LogP contribution in [0, 0.1) is 0 Å². The number of esters is 1. The van der Waals surface area contributed by atoms with E-state index in [1.165, 1.54) is 12.1 Å². The molecule has 26 heavy (non-hydrogen) atoms. The Hall–Kier alpha value is -1.30. The average molecular weight is 417 g/mol. The van der Waals surface area contributed by atoms with E-state index in [0.29, 0.717) is 17.5 Å². The van der Waals surface area contributed by atoms with E-state index in [-0.39, 0.29) is 15.6 Å². The summed E-state index contributed by atoms with van der Waals surface area (Å²) in [5, 5.41) is 9.56. The van der Waals surface area contributed by atoms with E-state index in [0.717, 1.165) is 6.04 Å². The summed E-state index contributed by atoms with van der Waals surface area (Å²) in [4.78, 5) is 23.4. The molecule has 0 aliphatic rings. The molecule has 1 rings (SSSR count). The summed E-state index contributed by atoms with van der Waals surface area (Å²) in [6.07, 6.45) is 3.52. The number of halogens is 2. The van der Waals surface area contributed by atoms with Gasteiger partial charge in [0, 0.05) is 14.1 Å². The van der Waals surface area contributed by atoms with Gasteiger partial charge in [0.2, 0.25) is 0 Å². The molecule has 0 radical (unpaired) electrons. The summed E-state index contributed by atoms with van der Waals surface area (Å²) >= 11 is 12.5. The van der Waals surface area contributed by atoms with Crippen LogP contribution in [-0.4, -0.2) is 30.7 Å². The molecule has 0 unspecified atom stereocenters. The van der Waals surface area contributed by atoms with Crippen molar-refractivity contribution in [3.63, 3.8) is 0 Å². The lowest BCUT2D eigenvalue weighted by Gasteiger charge is -2.19. The first-order chi connectivity index (χ1) is 11.7. The van der Waals surface area contributed by atoms with Gasteiger partial charge in [-0.2, -0.15) is 0 Å². The number of hydrogen-bond acceptors (Lipinski definition) is 3. The fourth-order valence-corrected chi connectivity index (χ4v) is 4.00. The number of carbonyl (C=O) groups is 2. The van der Waals surface area contributed by atoms with Gasteiger partial charge in [0.1, 0.15) is 5.60 Å². The lowest BCUT2D eigenvalue weighted by molar-refractivity contribution is -0.148. The van der Waals surface area contributed by atoms with Crippen LogP contribution in [0.25, 0.3) is 6.08 Å². The number of carboxylic acids is 1. The zero-order valence-corrected chi connectivity index (χ0v) is 18.6. The first-order valence-corrected chi connectivity index (χ1v) is 12.8. The van der Waals surface area contributed by atoms with Crippen LogP contribution in [0.4, 0.5) is 0 Å². The van der Waals surface area contributed by atoms with Crippen LogP contribution < -0.4 is 0 Å². The third-order valence-corrected chi connectivity index (χ3v) is 5.96. The minimum absolute atomic E-state index is 0.0445. The van der Waals surface area contributed by atoms with Gasteiger partial charge < -0.3 is 9.84 Å². The molecule has 1 N–H and O–H groups in total. The molecule has 0 saturated carbocycles. The normalized spacial score (nSPS) is 12.5. The number of benzene rings is 1. The highest BCUT2D eigenvalue weighted by Gasteiger charge is 2.22. The Morgan fingerprint density at radius 1 is 1.23 bits per heavy atom. The van der Waals surface area contributed by atoms with Crippen LogP contribution in [-0.2, 0) is 16.0 Å². The third kappa shape index (κ3) is 7.14. The Morgan fingerprint density at radius 2 is 1.81 bits per heavy atom. The summed E-state index contributed by atoms with van der Waals surface area (Å²) in [6.45, 7) is 12.0. The van der Waals surface area contributed by atoms with E-state index in [9.17, 15) is 14.7 Å². The minimum Gasteiger partial charge on any atom is -0.478 e. The van der Waals surface area contributed by atoms with E-state index < -0.39 is 25.6 Å². The fourth-order valence-electron chi connectivity index (χ4n) is 2.27. The number of carbonyl (C=O) groups excluding carboxylic acids is 1. The fraction of sp³-hybridized carbons (Fsp3) is 0.474. The Kier molecular flexibility index (Phi) is 7.51. The number of aromatic carboxylic acids is 1. The molecule has 0 aliphatic carbocycles. The van der Waals surface area contributed by atoms with Crippen LogP contribution in [0.5, 0.6) is 0 Å². The summed E-state index contributed by atoms with van der Waals surface area (Å²) in [5.41, 5.74) is 0.628. The highest BCUT2D eigenvalue weighted by Crippen LogP contribution is 2.34. The zero-order valence-electron chi connectivity index (χ0n) is 16.1. The van der Waals surface area contributed by atoms with E-state index in [1.54, 1.807) is 26.8 Å². The SMILES string of the molecule is CC(C)(C)OC(=O)/C=C/c1cc(Cl)c(C(=O)O)c(Cl)c1CC[Si](C)(C)C. The number of hydrogen-bond donors (Lipinski definition) is 1. The van der Waals surface area contributed by atoms with Crippen LogP contribution in [0.2, 0.25) is 35.7 Å². The van der Waals surface area contributed by atoms with Crippen LogP contribution in [0.15, 0.2) is 12.1 Å². The maximum absolute atomic E-state index is 11.9. The number of ether oxygens (including phenoxy) is 1. The Morgan fingerprint density at radius 3 is 2.27 bits per heavy atom. The number of rotatable bonds is 6. The van der Waals surface area contributed by atoms with Crippen molar-refractivity contribution in [1.82, 2.24) is 0 Å². The lowest BCUT2D eigenvalue weighted by Crippen LogP contribution is -2.22. The van der Waals surface area contributed by atoms with Gasteiger partial charge in [-0.3, -0.25) is 0 Å². The van der Waals surface area contributed by atoms with Gasteiger partial charge in [-0.25, -0.2) is 9.59 Å². The third-order valence-electron chi connectivity index (χ3n) is 3.50. The van der Waals surface area contributed by atoms with E-state index >= 15 is 0 Å². The summed E-state index contributed by atoms with van der Waals surface area (Å²) in [7, 11) is -1.38. The Balaban J connectivity index is 3.32. The van der Waals surface area contributed by atoms with Crippen molar-refractivity contribution in [2.45, 2.75) is 58.5 Å². The topological polar surface area (TPSA) is 63.6 Å². The van der Waals surface area contributed by atoms with Crippen LogP contribution in [0.3, 0.4) is 0 Å². The molecule has 0 spiro atoms. The number of carboxylic acid groups (broad SMARTS) is 1. The highest BCUT2D eigenvalue weighted by molar-refractivity contribution is 6.76. The van der Waals surface area contributed by atoms with Gasteiger partial charge in [0.15, 0.2) is 0 Å². The molecule has 0 amide bonds. The largest absolute Gasteiger partial charge is 0.478 e. The van der Waals surface area contributed by atoms with Crippen molar-refractivity contribution in [3.05, 3.63) is 38.9 Å². The Labute approximate surface area is 166 Å². The van der Waals surface area contributed by atoms with Crippen molar-refractivity contribution >= 4 is 49.3 Å². The molecule has 0 aromatic heterocycles. The van der Waals surface area contributed by atoms with Crippen molar-refractivity contribution in [2.24, 2.45) is 0 Å². The molecule has 0 bridgehead atoms. The van der Waals surface area contributed by atoms with Gasteiger partial charge >= 0.3 is 11.9 Å². The summed E-state index contributed by atoms with van der Waals surface area (Å²) in [6, 6.07) is 2.47. The quantitative estimate of drug-likeness (QED) is 0.354. The predicted octanol–water partition coefficient (Wildman–Crippen LogP) is 5.93. The zero-order chi connectivity index (χ0) is 20.3. The van der Waals surface area contributed by atoms with Crippen molar-refractivity contribution < 1.29 is 19.4 Å². The molecule has 0 aliphatic heterocycles. The predicted molar refractivity (Wildman–Crippen MR) is 110 cm³/mol. The minimum atomic E-state index is -1.38. The summed E-state index contributed by atoms with van der Waals surface area (Å²) < 4.78 is 5.26. The first kappa shape index (κ1) is 22.7. The molecule has 0 heterocycles. The van der Waals surface area contributed by atoms with Gasteiger partial charge in [-0.1, -0.05) is 48.9 Å². The molecule has 7 heteroatoms.